The molecule has 0 aliphatic rings. The third-order valence-electron chi connectivity index (χ3n) is 3.48. The van der Waals surface area contributed by atoms with Crippen molar-refractivity contribution in [2.45, 2.75) is 13.8 Å². The third-order valence-corrected chi connectivity index (χ3v) is 3.67. The molecular formula is C17H18N4O3S. The van der Waals surface area contributed by atoms with E-state index in [2.05, 4.69) is 15.8 Å². The van der Waals surface area contributed by atoms with Crippen molar-refractivity contribution < 1.29 is 9.66 Å². The number of methoxy groups -OCH3 is 1. The summed E-state index contributed by atoms with van der Waals surface area (Å²) in [5, 5.41) is 18.5. The van der Waals surface area contributed by atoms with Crippen LogP contribution in [0.3, 0.4) is 0 Å². The minimum Gasteiger partial charge on any atom is -0.497 e. The number of anilines is 1. The van der Waals surface area contributed by atoms with Crippen LogP contribution in [0.1, 0.15) is 18.1 Å². The van der Waals surface area contributed by atoms with Crippen LogP contribution in [0.5, 0.6) is 5.75 Å². The van der Waals surface area contributed by atoms with E-state index in [1.54, 1.807) is 39.2 Å². The van der Waals surface area contributed by atoms with E-state index in [0.717, 1.165) is 5.69 Å². The molecule has 2 aromatic rings. The van der Waals surface area contributed by atoms with Crippen LogP contribution in [0.15, 0.2) is 47.6 Å². The van der Waals surface area contributed by atoms with E-state index >= 15 is 0 Å². The highest BCUT2D eigenvalue weighted by Gasteiger charge is 2.12. The lowest BCUT2D eigenvalue weighted by Crippen LogP contribution is -2.25. The van der Waals surface area contributed by atoms with Gasteiger partial charge in [-0.25, -0.2) is 0 Å². The lowest BCUT2D eigenvalue weighted by atomic mass is 10.1. The Labute approximate surface area is 150 Å². The van der Waals surface area contributed by atoms with E-state index in [1.165, 1.54) is 6.07 Å². The molecule has 0 unspecified atom stereocenters. The minimum absolute atomic E-state index is 0.0594. The molecule has 25 heavy (non-hydrogen) atoms. The summed E-state index contributed by atoms with van der Waals surface area (Å²) in [6, 6.07) is 12.3. The summed E-state index contributed by atoms with van der Waals surface area (Å²) in [7, 11) is 1.59. The van der Waals surface area contributed by atoms with Crippen molar-refractivity contribution in [1.82, 2.24) is 5.43 Å². The molecule has 0 amide bonds. The lowest BCUT2D eigenvalue weighted by molar-refractivity contribution is -0.385. The summed E-state index contributed by atoms with van der Waals surface area (Å²) >= 11 is 5.19. The molecule has 0 bridgehead atoms. The predicted molar refractivity (Wildman–Crippen MR) is 102 cm³/mol. The van der Waals surface area contributed by atoms with Gasteiger partial charge in [-0.3, -0.25) is 15.5 Å². The Hall–Kier alpha value is -3.00. The van der Waals surface area contributed by atoms with Crippen LogP contribution >= 0.6 is 12.2 Å². The van der Waals surface area contributed by atoms with Crippen molar-refractivity contribution >= 4 is 34.4 Å². The van der Waals surface area contributed by atoms with Crippen molar-refractivity contribution in [3.63, 3.8) is 0 Å². The molecule has 7 nitrogen and oxygen atoms in total. The van der Waals surface area contributed by atoms with Gasteiger partial charge < -0.3 is 10.1 Å². The molecule has 2 rings (SSSR count). The molecule has 0 heterocycles. The number of hydrazone groups is 1. The van der Waals surface area contributed by atoms with E-state index < -0.39 is 4.92 Å². The smallest absolute Gasteiger partial charge is 0.272 e. The van der Waals surface area contributed by atoms with Crippen LogP contribution in [0.4, 0.5) is 11.4 Å². The highest BCUT2D eigenvalue weighted by molar-refractivity contribution is 7.80. The van der Waals surface area contributed by atoms with Gasteiger partial charge in [-0.2, -0.15) is 5.10 Å². The Morgan fingerprint density at radius 3 is 2.72 bits per heavy atom. The zero-order valence-electron chi connectivity index (χ0n) is 14.1. The van der Waals surface area contributed by atoms with Crippen molar-refractivity contribution in [1.29, 1.82) is 0 Å². The monoisotopic (exact) mass is 358 g/mol. The Balaban J connectivity index is 2.06. The maximum absolute atomic E-state index is 11.0. The largest absolute Gasteiger partial charge is 0.497 e. The SMILES string of the molecule is COc1cccc(NC(=S)N/N=C(/C)c2ccc(C)c([N+](=O)[O-])c2)c1. The molecule has 0 fully saturated rings. The van der Waals surface area contributed by atoms with Gasteiger partial charge in [0.1, 0.15) is 5.75 Å². The van der Waals surface area contributed by atoms with Crippen molar-refractivity contribution in [2.24, 2.45) is 5.10 Å². The second-order valence-corrected chi connectivity index (χ2v) is 5.66. The van der Waals surface area contributed by atoms with E-state index in [-0.39, 0.29) is 5.69 Å². The summed E-state index contributed by atoms with van der Waals surface area (Å²) in [6.07, 6.45) is 0. The molecule has 2 N–H and O–H groups in total. The Morgan fingerprint density at radius 1 is 1.28 bits per heavy atom. The molecule has 0 radical (unpaired) electrons. The number of benzene rings is 2. The van der Waals surface area contributed by atoms with Crippen LogP contribution in [0, 0.1) is 17.0 Å². The number of nitro groups is 1. The fourth-order valence-electron chi connectivity index (χ4n) is 2.09. The van der Waals surface area contributed by atoms with Crippen LogP contribution in [-0.2, 0) is 0 Å². The molecule has 2 aromatic carbocycles. The van der Waals surface area contributed by atoms with Crippen LogP contribution in [-0.4, -0.2) is 22.9 Å². The first kappa shape index (κ1) is 18.3. The molecule has 0 aliphatic carbocycles. The maximum atomic E-state index is 11.0. The van der Waals surface area contributed by atoms with E-state index in [1.807, 2.05) is 18.2 Å². The number of rotatable bonds is 5. The normalized spacial score (nSPS) is 10.9. The van der Waals surface area contributed by atoms with Gasteiger partial charge in [0.25, 0.3) is 5.69 Å². The zero-order valence-corrected chi connectivity index (χ0v) is 14.9. The van der Waals surface area contributed by atoms with E-state index in [0.29, 0.717) is 27.7 Å². The Bertz CT molecular complexity index is 836. The molecule has 0 aromatic heterocycles. The number of thiocarbonyl (C=S) groups is 1. The highest BCUT2D eigenvalue weighted by Crippen LogP contribution is 2.20. The highest BCUT2D eigenvalue weighted by atomic mass is 32.1. The summed E-state index contributed by atoms with van der Waals surface area (Å²) < 4.78 is 5.15. The second kappa shape index (κ2) is 8.20. The number of nitrogens with one attached hydrogen (secondary N) is 2. The molecule has 0 aliphatic heterocycles. The number of nitrogens with zero attached hydrogens (tertiary/aromatic N) is 2. The first-order valence-electron chi connectivity index (χ1n) is 7.41. The lowest BCUT2D eigenvalue weighted by Gasteiger charge is -2.09. The summed E-state index contributed by atoms with van der Waals surface area (Å²) in [4.78, 5) is 10.6. The standard InChI is InChI=1S/C17H18N4O3S/c1-11-7-8-13(9-16(11)21(22)23)12(2)19-20-17(25)18-14-5-4-6-15(10-14)24-3/h4-10H,1-3H3,(H2,18,20,25)/b19-12-. The summed E-state index contributed by atoms with van der Waals surface area (Å²) in [5.74, 6) is 0.708. The quantitative estimate of drug-likeness (QED) is 0.367. The molecule has 130 valence electrons. The molecular weight excluding hydrogens is 340 g/mol. The zero-order chi connectivity index (χ0) is 18.4. The summed E-state index contributed by atoms with van der Waals surface area (Å²) in [5.41, 5.74) is 5.38. The van der Waals surface area contributed by atoms with Gasteiger partial charge in [0.05, 0.1) is 17.7 Å². The average molecular weight is 358 g/mol. The minimum atomic E-state index is -0.408. The van der Waals surface area contributed by atoms with Crippen molar-refractivity contribution in [2.75, 3.05) is 12.4 Å². The van der Waals surface area contributed by atoms with E-state index in [9.17, 15) is 10.1 Å². The Kier molecular flexibility index (Phi) is 6.02. The van der Waals surface area contributed by atoms with Gasteiger partial charge in [0.2, 0.25) is 0 Å². The fourth-order valence-corrected chi connectivity index (χ4v) is 2.25. The molecule has 8 heteroatoms. The first-order valence-corrected chi connectivity index (χ1v) is 7.82. The number of aryl methyl sites for hydroxylation is 1. The average Bonchev–Trinajstić information content (AvgIpc) is 2.60. The fraction of sp³-hybridized carbons (Fsp3) is 0.176. The predicted octanol–water partition coefficient (Wildman–Crippen LogP) is 3.62. The molecule has 0 atom stereocenters. The number of nitro benzene ring substituents is 1. The maximum Gasteiger partial charge on any atom is 0.272 e. The molecule has 0 saturated heterocycles. The van der Waals surface area contributed by atoms with Crippen molar-refractivity contribution in [3.8, 4) is 5.75 Å². The number of hydrogen-bond acceptors (Lipinski definition) is 5. The third kappa shape index (κ3) is 4.98. The van der Waals surface area contributed by atoms with E-state index in [4.69, 9.17) is 17.0 Å². The summed E-state index contributed by atoms with van der Waals surface area (Å²) in [6.45, 7) is 3.44. The van der Waals surface area contributed by atoms with Crippen LogP contribution < -0.4 is 15.5 Å². The van der Waals surface area contributed by atoms with Gasteiger partial charge in [0.15, 0.2) is 5.11 Å². The van der Waals surface area contributed by atoms with Gasteiger partial charge in [-0.15, -0.1) is 0 Å². The molecule has 0 saturated carbocycles. The van der Waals surface area contributed by atoms with Gasteiger partial charge in [0, 0.05) is 28.9 Å². The van der Waals surface area contributed by atoms with Crippen LogP contribution in [0.25, 0.3) is 0 Å². The number of hydrogen-bond donors (Lipinski definition) is 2. The van der Waals surface area contributed by atoms with Crippen LogP contribution in [0.2, 0.25) is 0 Å². The molecule has 0 spiro atoms. The number of ether oxygens (including phenoxy) is 1. The van der Waals surface area contributed by atoms with Gasteiger partial charge >= 0.3 is 0 Å². The van der Waals surface area contributed by atoms with Crippen molar-refractivity contribution in [3.05, 3.63) is 63.7 Å². The Morgan fingerprint density at radius 2 is 2.04 bits per heavy atom. The topological polar surface area (TPSA) is 88.8 Å². The van der Waals surface area contributed by atoms with Gasteiger partial charge in [-0.05, 0) is 38.2 Å². The van der Waals surface area contributed by atoms with Gasteiger partial charge in [-0.1, -0.05) is 18.2 Å². The first-order chi connectivity index (χ1) is 11.9. The second-order valence-electron chi connectivity index (χ2n) is 5.25.